The topological polar surface area (TPSA) is 66.2 Å². The van der Waals surface area contributed by atoms with Gasteiger partial charge in [0, 0.05) is 19.5 Å². The van der Waals surface area contributed by atoms with Crippen molar-refractivity contribution < 1.29 is 75.9 Å². The molecule has 0 aliphatic carbocycles. The number of hydrogen-bond acceptors (Lipinski definition) is 3. The van der Waals surface area contributed by atoms with E-state index in [9.17, 15) is 0 Å². The van der Waals surface area contributed by atoms with Gasteiger partial charge in [0.15, 0.2) is 0 Å². The van der Waals surface area contributed by atoms with Crippen molar-refractivity contribution in [3.05, 3.63) is 15.3 Å². The van der Waals surface area contributed by atoms with Gasteiger partial charge in [-0.15, -0.1) is 0 Å². The molecule has 0 aromatic heterocycles. The Labute approximate surface area is 97.9 Å². The molecule has 0 saturated heterocycles. The van der Waals surface area contributed by atoms with Crippen molar-refractivity contribution in [1.29, 1.82) is 0 Å². The van der Waals surface area contributed by atoms with E-state index in [-0.39, 0.29) is 79.3 Å². The van der Waals surface area contributed by atoms with E-state index in [1.54, 1.807) is 0 Å². The van der Waals surface area contributed by atoms with Gasteiger partial charge in [-0.1, -0.05) is 0 Å². The largest absolute Gasteiger partial charge is 1.00 e. The van der Waals surface area contributed by atoms with E-state index >= 15 is 0 Å². The Morgan fingerprint density at radius 2 is 1.29 bits per heavy atom. The van der Waals surface area contributed by atoms with Crippen molar-refractivity contribution >= 4 is 8.41 Å². The smallest absolute Gasteiger partial charge is 0.356 e. The zero-order chi connectivity index (χ0) is 3.58. The molecule has 4 nitrogen and oxygen atoms in total. The average Bonchev–Trinajstić information content (AvgIpc) is 0.811. The molecule has 0 unspecified atom stereocenters. The Bertz CT molecular complexity index is 37.9. The third-order valence-corrected chi connectivity index (χ3v) is 0. The van der Waals surface area contributed by atoms with Gasteiger partial charge in [-0.05, 0) is 0 Å². The Morgan fingerprint density at radius 3 is 1.29 bits per heavy atom. The number of nitrogens with zero attached hydrogens (tertiary/aromatic N) is 1. The molecular formula is H3BKNO3Zn. The summed E-state index contributed by atoms with van der Waals surface area (Å²) >= 11 is 0. The van der Waals surface area contributed by atoms with Crippen LogP contribution in [0.3, 0.4) is 0 Å². The zero-order valence-corrected chi connectivity index (χ0v) is 9.47. The minimum Gasteiger partial charge on any atom is -0.356 e. The summed E-state index contributed by atoms with van der Waals surface area (Å²) in [5.41, 5.74) is 0. The summed E-state index contributed by atoms with van der Waals surface area (Å²) in [6, 6.07) is 0. The van der Waals surface area contributed by atoms with Gasteiger partial charge in [0.1, 0.15) is 0 Å². The molecule has 7 heavy (non-hydrogen) atoms. The zero-order valence-electron chi connectivity index (χ0n) is 3.38. The molecule has 0 radical (unpaired) electrons. The molecule has 0 N–H and O–H groups in total. The van der Waals surface area contributed by atoms with E-state index in [2.05, 4.69) is 0 Å². The maximum absolute atomic E-state index is 8.25. The predicted molar refractivity (Wildman–Crippen MR) is 20.3 cm³/mol. The van der Waals surface area contributed by atoms with Crippen LogP contribution >= 0.6 is 0 Å². The molecule has 0 heterocycles. The first-order chi connectivity index (χ1) is 1.73. The Kier molecular flexibility index (Phi) is 52.7. The van der Waals surface area contributed by atoms with E-state index in [4.69, 9.17) is 15.3 Å². The Hall–Kier alpha value is 1.52. The minimum absolute atomic E-state index is 0. The monoisotopic (exact) mass is 179 g/mol. The van der Waals surface area contributed by atoms with Gasteiger partial charge >= 0.3 is 51.4 Å². The molecule has 0 aliphatic heterocycles. The van der Waals surface area contributed by atoms with Crippen LogP contribution in [-0.2, 0) is 19.5 Å². The van der Waals surface area contributed by atoms with E-state index in [0.717, 1.165) is 0 Å². The van der Waals surface area contributed by atoms with Crippen LogP contribution in [0.15, 0.2) is 0 Å². The molecule has 0 aromatic rings. The summed E-state index contributed by atoms with van der Waals surface area (Å²) in [5.74, 6) is 0. The minimum atomic E-state index is -1.75. The number of rotatable bonds is 0. The summed E-state index contributed by atoms with van der Waals surface area (Å²) in [7, 11) is 0. The second-order valence-electron chi connectivity index (χ2n) is 0.224. The third-order valence-electron chi connectivity index (χ3n) is 0. The summed E-state index contributed by atoms with van der Waals surface area (Å²) in [5, 5.41) is 14.8. The summed E-state index contributed by atoms with van der Waals surface area (Å²) in [6.07, 6.45) is 0. The van der Waals surface area contributed by atoms with Gasteiger partial charge in [0.25, 0.3) is 0 Å². The quantitative estimate of drug-likeness (QED) is 0.215. The molecule has 32 valence electrons. The van der Waals surface area contributed by atoms with Crippen LogP contribution in [0.25, 0.3) is 0 Å². The molecule has 0 fully saturated rings. The van der Waals surface area contributed by atoms with Crippen molar-refractivity contribution in [1.82, 2.24) is 0 Å². The van der Waals surface area contributed by atoms with Crippen LogP contribution in [0.4, 0.5) is 0 Å². The van der Waals surface area contributed by atoms with Crippen LogP contribution in [-0.4, -0.2) is 13.5 Å². The van der Waals surface area contributed by atoms with Gasteiger partial charge in [0.05, 0.1) is 13.5 Å². The first-order valence-electron chi connectivity index (χ1n) is 0.548. The van der Waals surface area contributed by atoms with Gasteiger partial charge in [0.2, 0.25) is 0 Å². The van der Waals surface area contributed by atoms with E-state index < -0.39 is 5.09 Å². The molecule has 0 aromatic carbocycles. The molecule has 0 atom stereocenters. The molecular weight excluding hydrogens is 177 g/mol. The fourth-order valence-corrected chi connectivity index (χ4v) is 0. The Morgan fingerprint density at radius 1 is 1.29 bits per heavy atom. The fourth-order valence-electron chi connectivity index (χ4n) is 0. The van der Waals surface area contributed by atoms with E-state index in [1.165, 1.54) is 0 Å². The van der Waals surface area contributed by atoms with Crippen molar-refractivity contribution in [3.8, 4) is 0 Å². The standard InChI is InChI=1S/BH3.K.NO3.Zn/c;;2-1(3)4;/h1H3;;;/q;+1;-1;. The normalized spacial score (nSPS) is 3.43. The van der Waals surface area contributed by atoms with Gasteiger partial charge in [-0.25, -0.2) is 0 Å². The van der Waals surface area contributed by atoms with Crippen molar-refractivity contribution in [3.63, 3.8) is 0 Å². The molecule has 0 saturated carbocycles. The van der Waals surface area contributed by atoms with Crippen LogP contribution < -0.4 is 51.4 Å². The second kappa shape index (κ2) is 15.6. The van der Waals surface area contributed by atoms with Crippen LogP contribution in [0, 0.1) is 15.3 Å². The van der Waals surface area contributed by atoms with Gasteiger partial charge in [-0.3, -0.25) is 0 Å². The molecule has 0 rings (SSSR count). The van der Waals surface area contributed by atoms with Crippen molar-refractivity contribution in [2.24, 2.45) is 0 Å². The summed E-state index contributed by atoms with van der Waals surface area (Å²) < 4.78 is 0. The van der Waals surface area contributed by atoms with Crippen molar-refractivity contribution in [2.45, 2.75) is 0 Å². The number of hydrogen-bond donors (Lipinski definition) is 0. The van der Waals surface area contributed by atoms with Gasteiger partial charge in [-0.2, -0.15) is 0 Å². The molecule has 0 aliphatic rings. The maximum atomic E-state index is 8.25. The fraction of sp³-hybridized carbons (Fsp3) is 0. The van der Waals surface area contributed by atoms with Crippen LogP contribution in [0.1, 0.15) is 0 Å². The summed E-state index contributed by atoms with van der Waals surface area (Å²) in [4.78, 5) is 8.25. The maximum Gasteiger partial charge on any atom is 1.00 e. The van der Waals surface area contributed by atoms with Crippen molar-refractivity contribution in [2.75, 3.05) is 0 Å². The molecule has 0 amide bonds. The van der Waals surface area contributed by atoms with Crippen LogP contribution in [0.5, 0.6) is 0 Å². The first kappa shape index (κ1) is 23.6. The molecule has 0 spiro atoms. The predicted octanol–water partition coefficient (Wildman–Crippen LogP) is -4.42. The van der Waals surface area contributed by atoms with Gasteiger partial charge < -0.3 is 15.3 Å². The average molecular weight is 180 g/mol. The van der Waals surface area contributed by atoms with E-state index in [0.29, 0.717) is 0 Å². The summed E-state index contributed by atoms with van der Waals surface area (Å²) in [6.45, 7) is 0. The first-order valence-corrected chi connectivity index (χ1v) is 0.548. The molecule has 7 heteroatoms. The SMILES string of the molecule is B.O=[N+]([O-])[O-].[K+].[Zn]. The third kappa shape index (κ3) is 98.8. The van der Waals surface area contributed by atoms with Crippen LogP contribution in [0.2, 0.25) is 0 Å². The Balaban J connectivity index is -0.0000000150. The second-order valence-corrected chi connectivity index (χ2v) is 0.224. The molecule has 0 bridgehead atoms. The van der Waals surface area contributed by atoms with E-state index in [1.807, 2.05) is 0 Å².